The monoisotopic (exact) mass is 294 g/mol. The van der Waals surface area contributed by atoms with Crippen LogP contribution >= 0.6 is 15.9 Å². The van der Waals surface area contributed by atoms with Gasteiger partial charge in [-0.25, -0.2) is 4.68 Å². The quantitative estimate of drug-likeness (QED) is 0.926. The summed E-state index contributed by atoms with van der Waals surface area (Å²) in [5.74, 6) is 0. The van der Waals surface area contributed by atoms with Gasteiger partial charge in [0.15, 0.2) is 0 Å². The zero-order valence-corrected chi connectivity index (χ0v) is 11.7. The molecular weight excluding hydrogens is 280 g/mol. The topological polar surface area (TPSA) is 56.7 Å². The average molecular weight is 295 g/mol. The van der Waals surface area contributed by atoms with Crippen molar-refractivity contribution >= 4 is 15.9 Å². The lowest BCUT2D eigenvalue weighted by atomic mass is 10.2. The highest BCUT2D eigenvalue weighted by molar-refractivity contribution is 9.10. The van der Waals surface area contributed by atoms with Crippen LogP contribution in [0.15, 0.2) is 22.7 Å². The lowest BCUT2D eigenvalue weighted by Crippen LogP contribution is -2.08. The van der Waals surface area contributed by atoms with E-state index in [1.165, 1.54) is 5.56 Å². The first-order valence-corrected chi connectivity index (χ1v) is 6.24. The molecule has 1 unspecified atom stereocenters. The molecule has 0 spiro atoms. The van der Waals surface area contributed by atoms with E-state index in [-0.39, 0.29) is 6.04 Å². The number of aromatic nitrogens is 3. The van der Waals surface area contributed by atoms with Gasteiger partial charge >= 0.3 is 0 Å². The van der Waals surface area contributed by atoms with Gasteiger partial charge in [0.1, 0.15) is 5.69 Å². The van der Waals surface area contributed by atoms with Crippen molar-refractivity contribution in [3.05, 3.63) is 39.6 Å². The van der Waals surface area contributed by atoms with Gasteiger partial charge in [-0.15, -0.1) is 5.10 Å². The number of hydrogen-bond donors (Lipinski definition) is 1. The van der Waals surface area contributed by atoms with E-state index in [9.17, 15) is 0 Å². The van der Waals surface area contributed by atoms with E-state index in [1.807, 2.05) is 37.6 Å². The highest BCUT2D eigenvalue weighted by atomic mass is 79.9. The van der Waals surface area contributed by atoms with Crippen molar-refractivity contribution < 1.29 is 0 Å². The Labute approximate surface area is 109 Å². The molecule has 0 saturated carbocycles. The number of nitrogens with zero attached hydrogens (tertiary/aromatic N) is 3. The first-order valence-electron chi connectivity index (χ1n) is 5.45. The second-order valence-corrected chi connectivity index (χ2v) is 5.05. The van der Waals surface area contributed by atoms with Crippen LogP contribution in [-0.4, -0.2) is 15.0 Å². The molecule has 1 aromatic carbocycles. The second kappa shape index (κ2) is 4.58. The molecule has 0 radical (unpaired) electrons. The van der Waals surface area contributed by atoms with Gasteiger partial charge in [0.25, 0.3) is 0 Å². The Balaban J connectivity index is 2.50. The molecule has 0 saturated heterocycles. The highest BCUT2D eigenvalue weighted by Gasteiger charge is 2.13. The maximum atomic E-state index is 5.84. The Kier molecular flexibility index (Phi) is 3.31. The van der Waals surface area contributed by atoms with Crippen LogP contribution in [0, 0.1) is 13.8 Å². The summed E-state index contributed by atoms with van der Waals surface area (Å²) in [5.41, 5.74) is 9.83. The highest BCUT2D eigenvalue weighted by Crippen LogP contribution is 2.21. The van der Waals surface area contributed by atoms with Crippen molar-refractivity contribution in [2.45, 2.75) is 26.8 Å². The minimum atomic E-state index is -0.0969. The fraction of sp³-hybridized carbons (Fsp3) is 0.333. The van der Waals surface area contributed by atoms with Crippen LogP contribution in [-0.2, 0) is 0 Å². The summed E-state index contributed by atoms with van der Waals surface area (Å²) in [6, 6.07) is 5.98. The van der Waals surface area contributed by atoms with Gasteiger partial charge in [0.2, 0.25) is 0 Å². The van der Waals surface area contributed by atoms with Crippen molar-refractivity contribution in [3.63, 3.8) is 0 Å². The molecule has 90 valence electrons. The summed E-state index contributed by atoms with van der Waals surface area (Å²) in [7, 11) is 0. The fourth-order valence-corrected chi connectivity index (χ4v) is 2.01. The second-order valence-electron chi connectivity index (χ2n) is 4.19. The van der Waals surface area contributed by atoms with Gasteiger partial charge in [0, 0.05) is 10.5 Å². The predicted octanol–water partition coefficient (Wildman–Crippen LogP) is 2.67. The Hall–Kier alpha value is -1.20. The lowest BCUT2D eigenvalue weighted by molar-refractivity contribution is 0.756. The van der Waals surface area contributed by atoms with E-state index in [2.05, 4.69) is 32.3 Å². The fourth-order valence-electron chi connectivity index (χ4n) is 1.77. The van der Waals surface area contributed by atoms with E-state index in [1.54, 1.807) is 0 Å². The van der Waals surface area contributed by atoms with Crippen LogP contribution in [0.3, 0.4) is 0 Å². The molecule has 2 aromatic rings. The summed E-state index contributed by atoms with van der Waals surface area (Å²) in [4.78, 5) is 0. The molecule has 0 fully saturated rings. The Morgan fingerprint density at radius 1 is 1.35 bits per heavy atom. The molecule has 1 aromatic heterocycles. The molecule has 2 rings (SSSR count). The molecule has 1 atom stereocenters. The van der Waals surface area contributed by atoms with Gasteiger partial charge in [-0.1, -0.05) is 21.1 Å². The Morgan fingerprint density at radius 2 is 2.06 bits per heavy atom. The van der Waals surface area contributed by atoms with Crippen molar-refractivity contribution in [2.75, 3.05) is 0 Å². The van der Waals surface area contributed by atoms with Crippen LogP contribution in [0.25, 0.3) is 5.69 Å². The summed E-state index contributed by atoms with van der Waals surface area (Å²) < 4.78 is 2.91. The van der Waals surface area contributed by atoms with E-state index in [4.69, 9.17) is 5.73 Å². The third-order valence-electron chi connectivity index (χ3n) is 2.75. The first kappa shape index (κ1) is 12.3. The maximum absolute atomic E-state index is 5.84. The maximum Gasteiger partial charge on any atom is 0.102 e. The van der Waals surface area contributed by atoms with Crippen molar-refractivity contribution in [3.8, 4) is 5.69 Å². The summed E-state index contributed by atoms with van der Waals surface area (Å²) in [5, 5.41) is 8.27. The van der Waals surface area contributed by atoms with Crippen molar-refractivity contribution in [2.24, 2.45) is 5.73 Å². The summed E-state index contributed by atoms with van der Waals surface area (Å²) in [6.45, 7) is 5.94. The van der Waals surface area contributed by atoms with E-state index in [0.29, 0.717) is 0 Å². The smallest absolute Gasteiger partial charge is 0.102 e. The van der Waals surface area contributed by atoms with Crippen LogP contribution in [0.5, 0.6) is 0 Å². The molecule has 5 heteroatoms. The third-order valence-corrected chi connectivity index (χ3v) is 3.64. The van der Waals surface area contributed by atoms with Gasteiger partial charge in [0.05, 0.1) is 11.4 Å². The standard InChI is InChI=1S/C12H15BrN4/c1-7-6-10(4-5-11(7)13)17-9(3)12(8(2)14)15-16-17/h4-6,8H,14H2,1-3H3. The number of nitrogens with two attached hydrogens (primary N) is 1. The molecule has 1 heterocycles. The van der Waals surface area contributed by atoms with Gasteiger partial charge in [-0.2, -0.15) is 0 Å². The minimum Gasteiger partial charge on any atom is -0.323 e. The molecule has 4 nitrogen and oxygen atoms in total. The average Bonchev–Trinajstić information content (AvgIpc) is 2.64. The van der Waals surface area contributed by atoms with Gasteiger partial charge < -0.3 is 5.73 Å². The van der Waals surface area contributed by atoms with E-state index >= 15 is 0 Å². The molecule has 0 aliphatic rings. The van der Waals surface area contributed by atoms with E-state index in [0.717, 1.165) is 21.5 Å². The Morgan fingerprint density at radius 3 is 2.59 bits per heavy atom. The van der Waals surface area contributed by atoms with Crippen LogP contribution < -0.4 is 5.73 Å². The lowest BCUT2D eigenvalue weighted by Gasteiger charge is -2.07. The number of benzene rings is 1. The zero-order chi connectivity index (χ0) is 12.6. The SMILES string of the molecule is Cc1cc(-n2nnc(C(C)N)c2C)ccc1Br. The number of hydrogen-bond acceptors (Lipinski definition) is 3. The third kappa shape index (κ3) is 2.25. The molecule has 0 aliphatic heterocycles. The molecule has 17 heavy (non-hydrogen) atoms. The summed E-state index contributed by atoms with van der Waals surface area (Å²) >= 11 is 3.48. The van der Waals surface area contributed by atoms with Crippen molar-refractivity contribution in [1.29, 1.82) is 0 Å². The molecule has 2 N–H and O–H groups in total. The Bertz CT molecular complexity index is 545. The van der Waals surface area contributed by atoms with Crippen LogP contribution in [0.4, 0.5) is 0 Å². The molecule has 0 amide bonds. The number of aryl methyl sites for hydroxylation is 1. The first-order chi connectivity index (χ1) is 8.00. The van der Waals surface area contributed by atoms with Gasteiger partial charge in [-0.05, 0) is 44.5 Å². The predicted molar refractivity (Wildman–Crippen MR) is 71.1 cm³/mol. The normalized spacial score (nSPS) is 12.8. The molecule has 0 aliphatic carbocycles. The minimum absolute atomic E-state index is 0.0969. The number of halogens is 1. The molecule has 0 bridgehead atoms. The van der Waals surface area contributed by atoms with Gasteiger partial charge in [-0.3, -0.25) is 0 Å². The van der Waals surface area contributed by atoms with Crippen LogP contribution in [0.1, 0.15) is 29.9 Å². The van der Waals surface area contributed by atoms with Crippen LogP contribution in [0.2, 0.25) is 0 Å². The summed E-state index contributed by atoms with van der Waals surface area (Å²) in [6.07, 6.45) is 0. The number of rotatable bonds is 2. The largest absolute Gasteiger partial charge is 0.323 e. The van der Waals surface area contributed by atoms with E-state index < -0.39 is 0 Å². The molecular formula is C12H15BrN4. The zero-order valence-electron chi connectivity index (χ0n) is 10.1. The van der Waals surface area contributed by atoms with Crippen molar-refractivity contribution in [1.82, 2.24) is 15.0 Å².